The van der Waals surface area contributed by atoms with E-state index in [-0.39, 0.29) is 12.5 Å². The molecule has 1 amide bonds. The predicted octanol–water partition coefficient (Wildman–Crippen LogP) is 1.40. The minimum atomic E-state index is -0.850. The van der Waals surface area contributed by atoms with Gasteiger partial charge in [0, 0.05) is 13.0 Å². The quantitative estimate of drug-likeness (QED) is 0.701. The maximum Gasteiger partial charge on any atom is 0.311 e. The first-order valence-corrected chi connectivity index (χ1v) is 5.48. The van der Waals surface area contributed by atoms with E-state index >= 15 is 0 Å². The molecule has 1 unspecified atom stereocenters. The van der Waals surface area contributed by atoms with Gasteiger partial charge in [0.25, 0.3) is 0 Å². The maximum absolute atomic E-state index is 11.4. The molecule has 1 atom stereocenters. The number of aliphatic carboxylic acids is 1. The Hall–Kier alpha value is -1.06. The van der Waals surface area contributed by atoms with E-state index in [2.05, 4.69) is 5.32 Å². The third-order valence-corrected chi connectivity index (χ3v) is 3.14. The van der Waals surface area contributed by atoms with Gasteiger partial charge in [-0.1, -0.05) is 6.92 Å². The van der Waals surface area contributed by atoms with Gasteiger partial charge in [-0.15, -0.1) is 0 Å². The van der Waals surface area contributed by atoms with Crippen LogP contribution in [-0.2, 0) is 9.59 Å². The number of hydrogen-bond donors (Lipinski definition) is 2. The average molecular weight is 213 g/mol. The lowest BCUT2D eigenvalue weighted by molar-refractivity contribution is -0.148. The van der Waals surface area contributed by atoms with E-state index in [1.54, 1.807) is 6.92 Å². The molecule has 1 fully saturated rings. The van der Waals surface area contributed by atoms with Crippen molar-refractivity contribution >= 4 is 11.9 Å². The summed E-state index contributed by atoms with van der Waals surface area (Å²) in [6, 6.07) is 0. The summed E-state index contributed by atoms with van der Waals surface area (Å²) < 4.78 is 0. The van der Waals surface area contributed by atoms with Crippen LogP contribution in [0.1, 0.15) is 39.5 Å². The van der Waals surface area contributed by atoms with Gasteiger partial charge in [0.15, 0.2) is 0 Å². The minimum Gasteiger partial charge on any atom is -0.481 e. The highest BCUT2D eigenvalue weighted by atomic mass is 16.4. The molecule has 0 heterocycles. The van der Waals surface area contributed by atoms with Gasteiger partial charge in [0.1, 0.15) is 0 Å². The number of amides is 1. The number of carboxylic acid groups (broad SMARTS) is 1. The van der Waals surface area contributed by atoms with Crippen LogP contribution in [0.5, 0.6) is 0 Å². The first-order valence-electron chi connectivity index (χ1n) is 5.48. The van der Waals surface area contributed by atoms with Gasteiger partial charge in [0.05, 0.1) is 5.41 Å². The smallest absolute Gasteiger partial charge is 0.311 e. The van der Waals surface area contributed by atoms with Crippen molar-refractivity contribution in [3.05, 3.63) is 0 Å². The van der Waals surface area contributed by atoms with Crippen LogP contribution in [0.4, 0.5) is 0 Å². The molecule has 86 valence electrons. The van der Waals surface area contributed by atoms with Crippen LogP contribution in [0.2, 0.25) is 0 Å². The third-order valence-electron chi connectivity index (χ3n) is 3.14. The zero-order valence-corrected chi connectivity index (χ0v) is 9.38. The standard InChI is InChI=1S/C11H19NO3/c1-3-11(2,10(14)15)7-12-9(13)6-8-4-5-8/h8H,3-7H2,1-2H3,(H,12,13)(H,14,15). The van der Waals surface area contributed by atoms with Crippen molar-refractivity contribution in [2.45, 2.75) is 39.5 Å². The van der Waals surface area contributed by atoms with Crippen LogP contribution in [0.15, 0.2) is 0 Å². The summed E-state index contributed by atoms with van der Waals surface area (Å²) in [6.07, 6.45) is 3.35. The van der Waals surface area contributed by atoms with Crippen LogP contribution >= 0.6 is 0 Å². The number of hydrogen-bond acceptors (Lipinski definition) is 2. The molecule has 0 aliphatic heterocycles. The lowest BCUT2D eigenvalue weighted by Crippen LogP contribution is -2.40. The van der Waals surface area contributed by atoms with Crippen LogP contribution in [-0.4, -0.2) is 23.5 Å². The minimum absolute atomic E-state index is 0.0153. The molecule has 0 bridgehead atoms. The second-order valence-electron chi connectivity index (χ2n) is 4.64. The topological polar surface area (TPSA) is 66.4 Å². The molecule has 1 aliphatic rings. The first-order chi connectivity index (χ1) is 6.98. The first kappa shape index (κ1) is 12.0. The van der Waals surface area contributed by atoms with Gasteiger partial charge in [-0.2, -0.15) is 0 Å². The Bertz CT molecular complexity index is 261. The van der Waals surface area contributed by atoms with Crippen molar-refractivity contribution in [1.82, 2.24) is 5.32 Å². The molecule has 0 radical (unpaired) electrons. The molecule has 0 aromatic heterocycles. The number of carbonyl (C=O) groups excluding carboxylic acids is 1. The van der Waals surface area contributed by atoms with Crippen molar-refractivity contribution in [3.8, 4) is 0 Å². The highest BCUT2D eigenvalue weighted by Crippen LogP contribution is 2.32. The van der Waals surface area contributed by atoms with E-state index in [9.17, 15) is 9.59 Å². The van der Waals surface area contributed by atoms with Crippen LogP contribution in [0.3, 0.4) is 0 Å². The van der Waals surface area contributed by atoms with Gasteiger partial charge in [-0.05, 0) is 32.1 Å². The Morgan fingerprint density at radius 2 is 2.07 bits per heavy atom. The molecular formula is C11H19NO3. The number of nitrogens with one attached hydrogen (secondary N) is 1. The average Bonchev–Trinajstić information content (AvgIpc) is 2.97. The molecule has 4 heteroatoms. The molecular weight excluding hydrogens is 194 g/mol. The molecule has 0 saturated heterocycles. The third kappa shape index (κ3) is 3.53. The van der Waals surface area contributed by atoms with E-state index in [0.29, 0.717) is 18.8 Å². The van der Waals surface area contributed by atoms with Gasteiger partial charge in [0.2, 0.25) is 5.91 Å². The lowest BCUT2D eigenvalue weighted by atomic mass is 9.87. The molecule has 4 nitrogen and oxygen atoms in total. The fraction of sp³-hybridized carbons (Fsp3) is 0.818. The fourth-order valence-corrected chi connectivity index (χ4v) is 1.30. The summed E-state index contributed by atoms with van der Waals surface area (Å²) in [5.41, 5.74) is -0.834. The molecule has 0 aromatic rings. The van der Waals surface area contributed by atoms with E-state index < -0.39 is 11.4 Å². The van der Waals surface area contributed by atoms with E-state index in [1.165, 1.54) is 0 Å². The van der Waals surface area contributed by atoms with Crippen molar-refractivity contribution < 1.29 is 14.7 Å². The maximum atomic E-state index is 11.4. The Morgan fingerprint density at radius 3 is 2.47 bits per heavy atom. The Kier molecular flexibility index (Phi) is 3.72. The number of carbonyl (C=O) groups is 2. The van der Waals surface area contributed by atoms with Gasteiger partial charge >= 0.3 is 5.97 Å². The Morgan fingerprint density at radius 1 is 1.47 bits per heavy atom. The monoisotopic (exact) mass is 213 g/mol. The molecule has 15 heavy (non-hydrogen) atoms. The summed E-state index contributed by atoms with van der Waals surface area (Å²) in [6.45, 7) is 3.71. The van der Waals surface area contributed by atoms with Crippen LogP contribution < -0.4 is 5.32 Å². The molecule has 0 spiro atoms. The number of carboxylic acids is 1. The largest absolute Gasteiger partial charge is 0.481 e. The van der Waals surface area contributed by atoms with Gasteiger partial charge in [-0.25, -0.2) is 0 Å². The Balaban J connectivity index is 2.32. The zero-order valence-electron chi connectivity index (χ0n) is 9.38. The molecule has 2 N–H and O–H groups in total. The van der Waals surface area contributed by atoms with Crippen molar-refractivity contribution in [2.24, 2.45) is 11.3 Å². The normalized spacial score (nSPS) is 19.3. The van der Waals surface area contributed by atoms with E-state index in [0.717, 1.165) is 12.8 Å². The summed E-state index contributed by atoms with van der Waals surface area (Å²) in [4.78, 5) is 22.3. The van der Waals surface area contributed by atoms with Gasteiger partial charge < -0.3 is 10.4 Å². The SMILES string of the molecule is CCC(C)(CNC(=O)CC1CC1)C(=O)O. The fourth-order valence-electron chi connectivity index (χ4n) is 1.30. The Labute approximate surface area is 90.0 Å². The second-order valence-corrected chi connectivity index (χ2v) is 4.64. The van der Waals surface area contributed by atoms with Crippen molar-refractivity contribution in [3.63, 3.8) is 0 Å². The van der Waals surface area contributed by atoms with Crippen molar-refractivity contribution in [1.29, 1.82) is 0 Å². The second kappa shape index (κ2) is 4.64. The van der Waals surface area contributed by atoms with E-state index in [4.69, 9.17) is 5.11 Å². The summed E-state index contributed by atoms with van der Waals surface area (Å²) in [7, 11) is 0. The summed E-state index contributed by atoms with van der Waals surface area (Å²) in [5.74, 6) is -0.321. The predicted molar refractivity (Wildman–Crippen MR) is 56.4 cm³/mol. The summed E-state index contributed by atoms with van der Waals surface area (Å²) in [5, 5.41) is 11.7. The number of rotatable bonds is 6. The van der Waals surface area contributed by atoms with E-state index in [1.807, 2.05) is 6.92 Å². The zero-order chi connectivity index (χ0) is 11.5. The van der Waals surface area contributed by atoms with Gasteiger partial charge in [-0.3, -0.25) is 9.59 Å². The molecule has 1 saturated carbocycles. The highest BCUT2D eigenvalue weighted by Gasteiger charge is 2.32. The van der Waals surface area contributed by atoms with Crippen LogP contribution in [0.25, 0.3) is 0 Å². The highest BCUT2D eigenvalue weighted by molar-refractivity contribution is 5.79. The molecule has 0 aromatic carbocycles. The van der Waals surface area contributed by atoms with Crippen molar-refractivity contribution in [2.75, 3.05) is 6.54 Å². The molecule has 1 aliphatic carbocycles. The van der Waals surface area contributed by atoms with Crippen LogP contribution in [0, 0.1) is 11.3 Å². The molecule has 1 rings (SSSR count). The summed E-state index contributed by atoms with van der Waals surface area (Å²) >= 11 is 0. The lowest BCUT2D eigenvalue weighted by Gasteiger charge is -2.23.